The van der Waals surface area contributed by atoms with E-state index in [-0.39, 0.29) is 5.82 Å². The monoisotopic (exact) mass is 336 g/mol. The summed E-state index contributed by atoms with van der Waals surface area (Å²) in [6, 6.07) is 18.3. The number of halogens is 1. The molecule has 0 atom stereocenters. The molecule has 0 amide bonds. The molecule has 0 radical (unpaired) electrons. The summed E-state index contributed by atoms with van der Waals surface area (Å²) in [4.78, 5) is 2.46. The molecule has 0 nitrogen and oxygen atoms in total. The molecule has 122 valence electrons. The largest absolute Gasteiger partial charge is 0.206 e. The second-order valence-corrected chi connectivity index (χ2v) is 7.69. The predicted octanol–water partition coefficient (Wildman–Crippen LogP) is 7.05. The Labute approximate surface area is 147 Å². The molecule has 0 N–H and O–H groups in total. The van der Waals surface area contributed by atoms with E-state index in [9.17, 15) is 4.39 Å². The molecule has 1 aliphatic carbocycles. The van der Waals surface area contributed by atoms with Crippen molar-refractivity contribution in [1.82, 2.24) is 0 Å². The molecule has 0 bridgehead atoms. The number of aryl methyl sites for hydroxylation is 1. The first kappa shape index (κ1) is 15.6. The Morgan fingerprint density at radius 3 is 2.33 bits per heavy atom. The lowest BCUT2D eigenvalue weighted by molar-refractivity contribution is 0.426. The van der Waals surface area contributed by atoms with E-state index < -0.39 is 0 Å². The van der Waals surface area contributed by atoms with Crippen LogP contribution in [0.4, 0.5) is 4.39 Å². The molecule has 0 aliphatic heterocycles. The van der Waals surface area contributed by atoms with Crippen molar-refractivity contribution in [2.75, 3.05) is 0 Å². The highest BCUT2D eigenvalue weighted by atomic mass is 32.1. The highest BCUT2D eigenvalue weighted by molar-refractivity contribution is 7.15. The van der Waals surface area contributed by atoms with Crippen molar-refractivity contribution in [1.29, 1.82) is 0 Å². The number of hydrogen-bond acceptors (Lipinski definition) is 1. The molecule has 3 aromatic rings. The van der Waals surface area contributed by atoms with Gasteiger partial charge in [-0.25, -0.2) is 4.39 Å². The van der Waals surface area contributed by atoms with Gasteiger partial charge in [-0.05, 0) is 66.1 Å². The molecule has 0 unspecified atom stereocenters. The summed E-state index contributed by atoms with van der Waals surface area (Å²) in [5, 5.41) is 0. The second-order valence-electron chi connectivity index (χ2n) is 6.57. The maximum atomic E-state index is 14.7. The van der Waals surface area contributed by atoms with Crippen molar-refractivity contribution in [3.8, 4) is 21.6 Å². The molecule has 1 heterocycles. The third-order valence-corrected chi connectivity index (χ3v) is 6.35. The van der Waals surface area contributed by atoms with Crippen LogP contribution >= 0.6 is 11.3 Å². The van der Waals surface area contributed by atoms with Gasteiger partial charge in [-0.1, -0.05) is 43.7 Å². The van der Waals surface area contributed by atoms with Crippen molar-refractivity contribution >= 4 is 11.3 Å². The lowest BCUT2D eigenvalue weighted by Gasteiger charge is -2.23. The molecule has 2 heteroatoms. The third-order valence-electron chi connectivity index (χ3n) is 5.06. The average molecular weight is 336 g/mol. The molecule has 24 heavy (non-hydrogen) atoms. The summed E-state index contributed by atoms with van der Waals surface area (Å²) in [5.74, 6) is 0.581. The van der Waals surface area contributed by atoms with E-state index in [0.29, 0.717) is 5.92 Å². The number of rotatable bonds is 4. The van der Waals surface area contributed by atoms with Crippen molar-refractivity contribution in [2.24, 2.45) is 0 Å². The Kier molecular flexibility index (Phi) is 4.24. The van der Waals surface area contributed by atoms with Crippen LogP contribution in [0.25, 0.3) is 21.6 Å². The van der Waals surface area contributed by atoms with Crippen LogP contribution in [0.2, 0.25) is 0 Å². The van der Waals surface area contributed by atoms with Gasteiger partial charge in [0, 0.05) is 15.3 Å². The molecular weight excluding hydrogens is 315 g/mol. The summed E-state index contributed by atoms with van der Waals surface area (Å²) < 4.78 is 14.7. The lowest BCUT2D eigenvalue weighted by atomic mass is 9.84. The van der Waals surface area contributed by atoms with E-state index >= 15 is 0 Å². The molecule has 2 aromatic carbocycles. The Morgan fingerprint density at radius 1 is 0.958 bits per heavy atom. The van der Waals surface area contributed by atoms with Crippen molar-refractivity contribution in [3.05, 3.63) is 70.9 Å². The fraction of sp³-hybridized carbons (Fsp3) is 0.273. The van der Waals surface area contributed by atoms with Crippen LogP contribution in [-0.2, 0) is 6.42 Å². The van der Waals surface area contributed by atoms with Gasteiger partial charge < -0.3 is 0 Å². The fourth-order valence-corrected chi connectivity index (χ4v) is 4.44. The molecule has 4 rings (SSSR count). The van der Waals surface area contributed by atoms with Crippen LogP contribution in [0.5, 0.6) is 0 Å². The standard InChI is InChI=1S/C22H21FS/c1-2-15-6-8-16(9-7-15)18-10-11-19(20(23)14-18)22-13-12-21(24-22)17-4-3-5-17/h6-14,17H,2-5H2,1H3. The van der Waals surface area contributed by atoms with Crippen molar-refractivity contribution < 1.29 is 4.39 Å². The van der Waals surface area contributed by atoms with Gasteiger partial charge in [0.2, 0.25) is 0 Å². The second kappa shape index (κ2) is 6.52. The normalized spacial score (nSPS) is 14.6. The van der Waals surface area contributed by atoms with E-state index in [2.05, 4.69) is 43.3 Å². The summed E-state index contributed by atoms with van der Waals surface area (Å²) in [6.07, 6.45) is 4.93. The first-order valence-corrected chi connectivity index (χ1v) is 9.55. The molecule has 1 aliphatic rings. The maximum Gasteiger partial charge on any atom is 0.132 e. The Bertz CT molecular complexity index is 841. The van der Waals surface area contributed by atoms with Crippen LogP contribution in [0.3, 0.4) is 0 Å². The molecule has 0 spiro atoms. The molecule has 1 aromatic heterocycles. The van der Waals surface area contributed by atoms with Crippen molar-refractivity contribution in [3.63, 3.8) is 0 Å². The van der Waals surface area contributed by atoms with Crippen LogP contribution < -0.4 is 0 Å². The Morgan fingerprint density at radius 2 is 1.71 bits per heavy atom. The highest BCUT2D eigenvalue weighted by Gasteiger charge is 2.21. The zero-order valence-electron chi connectivity index (χ0n) is 13.9. The number of thiophene rings is 1. The van der Waals surface area contributed by atoms with Gasteiger partial charge in [-0.2, -0.15) is 0 Å². The van der Waals surface area contributed by atoms with Crippen LogP contribution in [0, 0.1) is 5.82 Å². The molecule has 0 saturated heterocycles. The molecule has 1 fully saturated rings. The van der Waals surface area contributed by atoms with E-state index in [0.717, 1.165) is 28.0 Å². The van der Waals surface area contributed by atoms with E-state index in [1.807, 2.05) is 12.1 Å². The quantitative estimate of drug-likeness (QED) is 0.479. The zero-order valence-corrected chi connectivity index (χ0v) is 14.7. The first-order valence-electron chi connectivity index (χ1n) is 8.73. The Hall–Kier alpha value is -1.93. The summed E-state index contributed by atoms with van der Waals surface area (Å²) in [6.45, 7) is 2.14. The molecular formula is C22H21FS. The van der Waals surface area contributed by atoms with Gasteiger partial charge in [-0.15, -0.1) is 11.3 Å². The van der Waals surface area contributed by atoms with E-state index in [1.54, 1.807) is 17.4 Å². The highest BCUT2D eigenvalue weighted by Crippen LogP contribution is 2.42. The topological polar surface area (TPSA) is 0 Å². The summed E-state index contributed by atoms with van der Waals surface area (Å²) >= 11 is 1.75. The SMILES string of the molecule is CCc1ccc(-c2ccc(-c3ccc(C4CCC4)s3)c(F)c2)cc1. The van der Waals surface area contributed by atoms with Crippen LogP contribution in [0.1, 0.15) is 42.5 Å². The predicted molar refractivity (Wildman–Crippen MR) is 101 cm³/mol. The van der Waals surface area contributed by atoms with Gasteiger partial charge in [-0.3, -0.25) is 0 Å². The maximum absolute atomic E-state index is 14.7. The van der Waals surface area contributed by atoms with Gasteiger partial charge in [0.05, 0.1) is 0 Å². The summed E-state index contributed by atoms with van der Waals surface area (Å²) in [7, 11) is 0. The fourth-order valence-electron chi connectivity index (χ4n) is 3.24. The Balaban J connectivity index is 1.62. The van der Waals surface area contributed by atoms with Crippen LogP contribution in [-0.4, -0.2) is 0 Å². The van der Waals surface area contributed by atoms with Gasteiger partial charge in [0.15, 0.2) is 0 Å². The lowest BCUT2D eigenvalue weighted by Crippen LogP contribution is -2.06. The smallest absolute Gasteiger partial charge is 0.132 e. The minimum atomic E-state index is -0.130. The first-order chi connectivity index (χ1) is 11.7. The number of hydrogen-bond donors (Lipinski definition) is 0. The van der Waals surface area contributed by atoms with Crippen molar-refractivity contribution in [2.45, 2.75) is 38.5 Å². The average Bonchev–Trinajstić information content (AvgIpc) is 3.02. The zero-order chi connectivity index (χ0) is 16.5. The van der Waals surface area contributed by atoms with Gasteiger partial charge >= 0.3 is 0 Å². The third kappa shape index (κ3) is 2.91. The minimum absolute atomic E-state index is 0.130. The van der Waals surface area contributed by atoms with Crippen LogP contribution in [0.15, 0.2) is 54.6 Å². The van der Waals surface area contributed by atoms with E-state index in [1.165, 1.54) is 29.7 Å². The van der Waals surface area contributed by atoms with Gasteiger partial charge in [0.25, 0.3) is 0 Å². The number of benzene rings is 2. The summed E-state index contributed by atoms with van der Waals surface area (Å²) in [5.41, 5.74) is 4.03. The van der Waals surface area contributed by atoms with Gasteiger partial charge in [0.1, 0.15) is 5.82 Å². The van der Waals surface area contributed by atoms with E-state index in [4.69, 9.17) is 0 Å². The minimum Gasteiger partial charge on any atom is -0.206 e. The molecule has 1 saturated carbocycles.